The van der Waals surface area contributed by atoms with E-state index in [4.69, 9.17) is 10.5 Å². The second-order valence-electron chi connectivity index (χ2n) is 6.23. The Morgan fingerprint density at radius 3 is 2.52 bits per heavy atom. The summed E-state index contributed by atoms with van der Waals surface area (Å²) in [4.78, 5) is 37.8. The third-order valence-corrected chi connectivity index (χ3v) is 3.98. The van der Waals surface area contributed by atoms with Crippen LogP contribution in [0.3, 0.4) is 0 Å². The number of para-hydroxylation sites is 1. The zero-order valence-electron chi connectivity index (χ0n) is 14.5. The van der Waals surface area contributed by atoms with Crippen molar-refractivity contribution >= 4 is 17.7 Å². The number of nitrogens with zero attached hydrogens (tertiary/aromatic N) is 1. The van der Waals surface area contributed by atoms with Gasteiger partial charge in [0.05, 0.1) is 5.57 Å². The predicted molar refractivity (Wildman–Crippen MR) is 93.3 cm³/mol. The lowest BCUT2D eigenvalue weighted by molar-refractivity contribution is -0.124. The van der Waals surface area contributed by atoms with E-state index in [0.29, 0.717) is 12.1 Å². The van der Waals surface area contributed by atoms with E-state index in [-0.39, 0.29) is 41.6 Å². The van der Waals surface area contributed by atoms with Gasteiger partial charge < -0.3 is 20.7 Å². The van der Waals surface area contributed by atoms with Gasteiger partial charge in [0, 0.05) is 38.0 Å². The summed E-state index contributed by atoms with van der Waals surface area (Å²) in [5.74, 6) is -0.466. The van der Waals surface area contributed by atoms with Crippen molar-refractivity contribution in [1.82, 2.24) is 10.2 Å². The second kappa shape index (κ2) is 8.43. The first-order valence-electron chi connectivity index (χ1n) is 8.09. The van der Waals surface area contributed by atoms with E-state index in [1.54, 1.807) is 24.3 Å². The van der Waals surface area contributed by atoms with Crippen LogP contribution in [-0.2, 0) is 9.59 Å². The Labute approximate surface area is 146 Å². The summed E-state index contributed by atoms with van der Waals surface area (Å²) in [6.45, 7) is 1.45. The van der Waals surface area contributed by atoms with Crippen molar-refractivity contribution in [3.63, 3.8) is 0 Å². The normalized spacial score (nSPS) is 17.6. The number of likely N-dealkylation sites (N-methyl/N-ethyl adjacent to an activating group) is 1. The Hall–Kier alpha value is -2.67. The third kappa shape index (κ3) is 5.15. The number of carbonyl (C=O) groups excluding carboxylic acids is 3. The van der Waals surface area contributed by atoms with Gasteiger partial charge in [-0.25, -0.2) is 4.79 Å². The van der Waals surface area contributed by atoms with Crippen LogP contribution in [0.5, 0.6) is 5.75 Å². The smallest absolute Gasteiger partial charge is 0.409 e. The minimum atomic E-state index is -0.924. The van der Waals surface area contributed by atoms with Crippen LogP contribution in [0.1, 0.15) is 24.3 Å². The zero-order chi connectivity index (χ0) is 18.4. The van der Waals surface area contributed by atoms with Crippen molar-refractivity contribution in [3.8, 4) is 5.75 Å². The molecule has 7 heteroatoms. The number of carbonyl (C=O) groups is 3. The molecule has 1 amide bonds. The summed E-state index contributed by atoms with van der Waals surface area (Å²) >= 11 is 0. The van der Waals surface area contributed by atoms with Crippen molar-refractivity contribution in [2.45, 2.75) is 18.8 Å². The molecule has 0 heterocycles. The van der Waals surface area contributed by atoms with Crippen molar-refractivity contribution in [1.29, 1.82) is 0 Å². The van der Waals surface area contributed by atoms with Crippen LogP contribution in [0, 0.1) is 0 Å². The van der Waals surface area contributed by atoms with Gasteiger partial charge in [0.2, 0.25) is 0 Å². The third-order valence-electron chi connectivity index (χ3n) is 3.98. The number of hydrogen-bond donors (Lipinski definition) is 2. The van der Waals surface area contributed by atoms with Gasteiger partial charge in [0.15, 0.2) is 11.6 Å². The fraction of sp³-hybridized carbons (Fsp3) is 0.389. The Morgan fingerprint density at radius 1 is 1.28 bits per heavy atom. The summed E-state index contributed by atoms with van der Waals surface area (Å²) in [5, 5.41) is 3.01. The zero-order valence-corrected chi connectivity index (χ0v) is 14.5. The highest BCUT2D eigenvalue weighted by molar-refractivity contribution is 6.22. The number of amides is 1. The van der Waals surface area contributed by atoms with Crippen LogP contribution in [0.25, 0.3) is 0 Å². The van der Waals surface area contributed by atoms with E-state index in [1.165, 1.54) is 6.20 Å². The van der Waals surface area contributed by atoms with Gasteiger partial charge in [0.25, 0.3) is 0 Å². The van der Waals surface area contributed by atoms with E-state index in [1.807, 2.05) is 19.0 Å². The fourth-order valence-corrected chi connectivity index (χ4v) is 2.76. The minimum absolute atomic E-state index is 0.187. The molecule has 0 radical (unpaired) electrons. The summed E-state index contributed by atoms with van der Waals surface area (Å²) in [5.41, 5.74) is 5.91. The van der Waals surface area contributed by atoms with E-state index < -0.39 is 6.09 Å². The van der Waals surface area contributed by atoms with Crippen molar-refractivity contribution < 1.29 is 19.1 Å². The van der Waals surface area contributed by atoms with Gasteiger partial charge in [-0.05, 0) is 25.7 Å². The van der Waals surface area contributed by atoms with Crippen LogP contribution in [0.4, 0.5) is 4.79 Å². The van der Waals surface area contributed by atoms with Gasteiger partial charge in [0.1, 0.15) is 5.75 Å². The summed E-state index contributed by atoms with van der Waals surface area (Å²) in [6, 6.07) is 6.82. The molecule has 0 spiro atoms. The Morgan fingerprint density at radius 2 is 1.92 bits per heavy atom. The van der Waals surface area contributed by atoms with Crippen LogP contribution >= 0.6 is 0 Å². The molecule has 0 unspecified atom stereocenters. The average molecular weight is 345 g/mol. The molecule has 0 atom stereocenters. The molecule has 3 N–H and O–H groups in total. The Kier molecular flexibility index (Phi) is 6.30. The molecule has 0 bridgehead atoms. The topological polar surface area (TPSA) is 102 Å². The molecule has 134 valence electrons. The van der Waals surface area contributed by atoms with Crippen LogP contribution < -0.4 is 15.8 Å². The minimum Gasteiger partial charge on any atom is -0.410 e. The molecule has 0 saturated heterocycles. The number of Topliss-reactive ketones (excluding diaryl/α,β-unsaturated/α-hetero) is 2. The monoisotopic (exact) mass is 345 g/mol. The SMILES string of the molecule is CN(C)CCNC=C1C(=O)CC(c2ccccc2OC(N)=O)CC1=O. The molecule has 7 nitrogen and oxygen atoms in total. The number of ether oxygens (including phenoxy) is 1. The second-order valence-corrected chi connectivity index (χ2v) is 6.23. The number of rotatable bonds is 6. The average Bonchev–Trinajstić information content (AvgIpc) is 2.53. The lowest BCUT2D eigenvalue weighted by Gasteiger charge is -2.23. The number of nitrogens with two attached hydrogens (primary N) is 1. The molecular weight excluding hydrogens is 322 g/mol. The van der Waals surface area contributed by atoms with Crippen molar-refractivity contribution in [3.05, 3.63) is 41.6 Å². The van der Waals surface area contributed by atoms with E-state index in [0.717, 1.165) is 6.54 Å². The molecule has 0 aliphatic heterocycles. The summed E-state index contributed by atoms with van der Waals surface area (Å²) < 4.78 is 4.98. The lowest BCUT2D eigenvalue weighted by atomic mass is 9.80. The number of primary amides is 1. The number of benzene rings is 1. The quantitative estimate of drug-likeness (QED) is 0.456. The molecule has 1 fully saturated rings. The summed E-state index contributed by atoms with van der Waals surface area (Å²) in [6.07, 6.45) is 0.959. The van der Waals surface area contributed by atoms with Crippen molar-refractivity contribution in [2.24, 2.45) is 5.73 Å². The number of nitrogens with one attached hydrogen (secondary N) is 1. The molecule has 0 aromatic heterocycles. The van der Waals surface area contributed by atoms with E-state index in [2.05, 4.69) is 5.32 Å². The highest BCUT2D eigenvalue weighted by Gasteiger charge is 2.32. The summed E-state index contributed by atoms with van der Waals surface area (Å²) in [7, 11) is 3.89. The van der Waals surface area contributed by atoms with Gasteiger partial charge in [-0.15, -0.1) is 0 Å². The molecule has 2 rings (SSSR count). The lowest BCUT2D eigenvalue weighted by Crippen LogP contribution is -2.29. The van der Waals surface area contributed by atoms with Crippen LogP contribution in [-0.4, -0.2) is 49.7 Å². The highest BCUT2D eigenvalue weighted by Crippen LogP contribution is 2.36. The molecule has 1 aromatic carbocycles. The van der Waals surface area contributed by atoms with Gasteiger partial charge in [-0.3, -0.25) is 9.59 Å². The standard InChI is InChI=1S/C18H23N3O4/c1-21(2)8-7-20-11-14-15(22)9-12(10-16(14)23)13-5-3-4-6-17(13)25-18(19)24/h3-6,11-12,20H,7-10H2,1-2H3,(H2,19,24). The van der Waals surface area contributed by atoms with E-state index in [9.17, 15) is 14.4 Å². The first-order chi connectivity index (χ1) is 11.9. The number of ketones is 2. The Bertz CT molecular complexity index is 677. The first kappa shape index (κ1) is 18.7. The maximum atomic E-state index is 12.4. The molecule has 1 aliphatic carbocycles. The first-order valence-corrected chi connectivity index (χ1v) is 8.09. The molecule has 1 aromatic rings. The fourth-order valence-electron chi connectivity index (χ4n) is 2.76. The number of allylic oxidation sites excluding steroid dienone is 1. The molecule has 1 aliphatic rings. The number of hydrogen-bond acceptors (Lipinski definition) is 6. The van der Waals surface area contributed by atoms with Crippen LogP contribution in [0.2, 0.25) is 0 Å². The van der Waals surface area contributed by atoms with Gasteiger partial charge >= 0.3 is 6.09 Å². The van der Waals surface area contributed by atoms with Crippen LogP contribution in [0.15, 0.2) is 36.0 Å². The Balaban J connectivity index is 2.10. The molecule has 1 saturated carbocycles. The van der Waals surface area contributed by atoms with Crippen molar-refractivity contribution in [2.75, 3.05) is 27.2 Å². The van der Waals surface area contributed by atoms with E-state index >= 15 is 0 Å². The maximum Gasteiger partial charge on any atom is 0.409 e. The predicted octanol–water partition coefficient (Wildman–Crippen LogP) is 1.19. The molecule has 25 heavy (non-hydrogen) atoms. The van der Waals surface area contributed by atoms with Gasteiger partial charge in [-0.1, -0.05) is 18.2 Å². The highest BCUT2D eigenvalue weighted by atomic mass is 16.5. The molecular formula is C18H23N3O4. The maximum absolute atomic E-state index is 12.4. The van der Waals surface area contributed by atoms with Gasteiger partial charge in [-0.2, -0.15) is 0 Å². The largest absolute Gasteiger partial charge is 0.410 e.